The maximum Gasteiger partial charge on any atom is 0.126 e. The Labute approximate surface area is 164 Å². The van der Waals surface area contributed by atoms with Crippen LogP contribution in [0, 0.1) is 0 Å². The summed E-state index contributed by atoms with van der Waals surface area (Å²) in [5, 5.41) is 9.61. The van der Waals surface area contributed by atoms with Crippen LogP contribution in [-0.2, 0) is 0 Å². The highest BCUT2D eigenvalue weighted by molar-refractivity contribution is 5.46. The summed E-state index contributed by atoms with van der Waals surface area (Å²) in [5.41, 5.74) is 1.33. The Kier molecular flexibility index (Phi) is 7.53. The van der Waals surface area contributed by atoms with E-state index < -0.39 is 0 Å². The third-order valence-corrected chi connectivity index (χ3v) is 6.18. The molecule has 3 rings (SSSR count). The van der Waals surface area contributed by atoms with Gasteiger partial charge in [-0.3, -0.25) is 9.80 Å². The standard InChI is InChI=1S/C22H37N3O2/c1-18(2)24-9-6-20(7-10-24)25-12-11-23(17-21(25)8-13-26)16-19(3)15-22-5-4-14-27-22/h4-5,14-15,18,20-21,26H,6-13,16-17H2,1-3H3/b19-15+/t21-/m1/s1. The lowest BCUT2D eigenvalue weighted by atomic mass is 9.97. The lowest BCUT2D eigenvalue weighted by Crippen LogP contribution is -2.59. The number of piperidine rings is 1. The third kappa shape index (κ3) is 5.67. The van der Waals surface area contributed by atoms with Crippen molar-refractivity contribution in [2.45, 2.75) is 58.2 Å². The number of nitrogens with zero attached hydrogens (tertiary/aromatic N) is 3. The van der Waals surface area contributed by atoms with Crippen LogP contribution >= 0.6 is 0 Å². The molecule has 27 heavy (non-hydrogen) atoms. The number of hydrogen-bond donors (Lipinski definition) is 1. The van der Waals surface area contributed by atoms with Crippen LogP contribution in [0.15, 0.2) is 28.4 Å². The molecule has 0 spiro atoms. The van der Waals surface area contributed by atoms with Gasteiger partial charge in [0.05, 0.1) is 6.26 Å². The van der Waals surface area contributed by atoms with E-state index in [1.807, 2.05) is 12.1 Å². The van der Waals surface area contributed by atoms with Crippen LogP contribution in [0.3, 0.4) is 0 Å². The van der Waals surface area contributed by atoms with Gasteiger partial charge in [0.2, 0.25) is 0 Å². The van der Waals surface area contributed by atoms with E-state index in [2.05, 4.69) is 41.5 Å². The second-order valence-corrected chi connectivity index (χ2v) is 8.51. The van der Waals surface area contributed by atoms with Gasteiger partial charge in [-0.2, -0.15) is 0 Å². The Morgan fingerprint density at radius 3 is 2.67 bits per heavy atom. The second-order valence-electron chi connectivity index (χ2n) is 8.51. The highest BCUT2D eigenvalue weighted by Crippen LogP contribution is 2.24. The normalized spacial score (nSPS) is 24.8. The molecule has 5 heteroatoms. The van der Waals surface area contributed by atoms with E-state index in [0.29, 0.717) is 18.1 Å². The summed E-state index contributed by atoms with van der Waals surface area (Å²) in [5.74, 6) is 0.926. The third-order valence-electron chi connectivity index (χ3n) is 6.18. The summed E-state index contributed by atoms with van der Waals surface area (Å²) in [6.45, 7) is 13.7. The van der Waals surface area contributed by atoms with Crippen molar-refractivity contribution in [3.05, 3.63) is 29.7 Å². The average molecular weight is 376 g/mol. The molecule has 1 atom stereocenters. The van der Waals surface area contributed by atoms with Crippen LogP contribution in [0.1, 0.15) is 45.8 Å². The van der Waals surface area contributed by atoms with Crippen molar-refractivity contribution in [2.75, 3.05) is 45.9 Å². The fourth-order valence-electron chi connectivity index (χ4n) is 4.71. The highest BCUT2D eigenvalue weighted by Gasteiger charge is 2.33. The van der Waals surface area contributed by atoms with Crippen molar-refractivity contribution in [2.24, 2.45) is 0 Å². The smallest absolute Gasteiger partial charge is 0.126 e. The molecule has 0 radical (unpaired) electrons. The molecule has 0 aliphatic carbocycles. The molecule has 0 amide bonds. The predicted octanol–water partition coefficient (Wildman–Crippen LogP) is 2.92. The fraction of sp³-hybridized carbons (Fsp3) is 0.727. The minimum atomic E-state index is 0.279. The first-order valence-electron chi connectivity index (χ1n) is 10.6. The number of piperazine rings is 1. The van der Waals surface area contributed by atoms with Crippen molar-refractivity contribution < 1.29 is 9.52 Å². The Balaban J connectivity index is 1.55. The van der Waals surface area contributed by atoms with E-state index in [0.717, 1.165) is 38.4 Å². The maximum atomic E-state index is 9.61. The minimum Gasteiger partial charge on any atom is -0.465 e. The number of likely N-dealkylation sites (tertiary alicyclic amines) is 1. The summed E-state index contributed by atoms with van der Waals surface area (Å²) < 4.78 is 5.43. The summed E-state index contributed by atoms with van der Waals surface area (Å²) >= 11 is 0. The summed E-state index contributed by atoms with van der Waals surface area (Å²) in [4.78, 5) is 7.83. The van der Waals surface area contributed by atoms with Gasteiger partial charge in [-0.15, -0.1) is 0 Å². The summed E-state index contributed by atoms with van der Waals surface area (Å²) in [7, 11) is 0. The molecule has 5 nitrogen and oxygen atoms in total. The number of rotatable bonds is 7. The van der Waals surface area contributed by atoms with Gasteiger partial charge >= 0.3 is 0 Å². The Morgan fingerprint density at radius 2 is 2.04 bits per heavy atom. The van der Waals surface area contributed by atoms with Crippen LogP contribution in [0.25, 0.3) is 6.08 Å². The molecule has 0 bridgehead atoms. The first-order chi connectivity index (χ1) is 13.1. The topological polar surface area (TPSA) is 43.1 Å². The van der Waals surface area contributed by atoms with Gasteiger partial charge in [0.25, 0.3) is 0 Å². The molecule has 1 aromatic rings. The van der Waals surface area contributed by atoms with Gasteiger partial charge in [-0.1, -0.05) is 5.57 Å². The van der Waals surface area contributed by atoms with E-state index >= 15 is 0 Å². The van der Waals surface area contributed by atoms with Crippen LogP contribution in [0.2, 0.25) is 0 Å². The van der Waals surface area contributed by atoms with Gasteiger partial charge < -0.3 is 14.4 Å². The molecule has 2 aliphatic heterocycles. The van der Waals surface area contributed by atoms with Crippen molar-refractivity contribution in [3.8, 4) is 0 Å². The van der Waals surface area contributed by atoms with Crippen LogP contribution in [0.4, 0.5) is 0 Å². The van der Waals surface area contributed by atoms with E-state index in [1.165, 1.54) is 31.5 Å². The SMILES string of the molecule is C/C(=C\c1ccco1)CN1CCN(C2CCN(C(C)C)CC2)[C@H](CCO)C1. The maximum absolute atomic E-state index is 9.61. The van der Waals surface area contributed by atoms with Crippen LogP contribution < -0.4 is 0 Å². The van der Waals surface area contributed by atoms with E-state index in [-0.39, 0.29) is 6.61 Å². The van der Waals surface area contributed by atoms with Crippen molar-refractivity contribution >= 4 is 6.08 Å². The minimum absolute atomic E-state index is 0.279. The zero-order valence-corrected chi connectivity index (χ0v) is 17.3. The van der Waals surface area contributed by atoms with E-state index in [9.17, 15) is 5.11 Å². The lowest BCUT2D eigenvalue weighted by Gasteiger charge is -2.48. The molecule has 3 heterocycles. The second kappa shape index (κ2) is 9.87. The van der Waals surface area contributed by atoms with Crippen molar-refractivity contribution in [1.82, 2.24) is 14.7 Å². The van der Waals surface area contributed by atoms with Gasteiger partial charge in [0, 0.05) is 50.9 Å². The molecule has 1 aromatic heterocycles. The van der Waals surface area contributed by atoms with Crippen LogP contribution in [0.5, 0.6) is 0 Å². The molecular formula is C22H37N3O2. The lowest BCUT2D eigenvalue weighted by molar-refractivity contribution is 0.00489. The largest absolute Gasteiger partial charge is 0.465 e. The number of aliphatic hydroxyl groups is 1. The number of aliphatic hydroxyl groups excluding tert-OH is 1. The van der Waals surface area contributed by atoms with Gasteiger partial charge in [0.1, 0.15) is 5.76 Å². The molecule has 2 saturated heterocycles. The zero-order chi connectivity index (χ0) is 19.2. The van der Waals surface area contributed by atoms with Gasteiger partial charge in [0.15, 0.2) is 0 Å². The molecule has 0 saturated carbocycles. The Bertz CT molecular complexity index is 576. The first kappa shape index (κ1) is 20.6. The predicted molar refractivity (Wildman–Crippen MR) is 111 cm³/mol. The average Bonchev–Trinajstić information content (AvgIpc) is 3.15. The molecule has 2 fully saturated rings. The molecule has 152 valence electrons. The van der Waals surface area contributed by atoms with E-state index in [4.69, 9.17) is 4.42 Å². The fourth-order valence-corrected chi connectivity index (χ4v) is 4.71. The molecule has 0 unspecified atom stereocenters. The van der Waals surface area contributed by atoms with Crippen molar-refractivity contribution in [1.29, 1.82) is 0 Å². The summed E-state index contributed by atoms with van der Waals surface area (Å²) in [6.07, 6.45) is 7.26. The monoisotopic (exact) mass is 375 g/mol. The van der Waals surface area contributed by atoms with Gasteiger partial charge in [-0.05, 0) is 71.3 Å². The van der Waals surface area contributed by atoms with Gasteiger partial charge in [-0.25, -0.2) is 0 Å². The van der Waals surface area contributed by atoms with E-state index in [1.54, 1.807) is 6.26 Å². The number of furan rings is 1. The Hall–Kier alpha value is -1.14. The molecule has 1 N–H and O–H groups in total. The zero-order valence-electron chi connectivity index (χ0n) is 17.3. The van der Waals surface area contributed by atoms with Crippen LogP contribution in [-0.4, -0.2) is 83.8 Å². The summed E-state index contributed by atoms with van der Waals surface area (Å²) in [6, 6.07) is 5.73. The highest BCUT2D eigenvalue weighted by atomic mass is 16.3. The number of hydrogen-bond acceptors (Lipinski definition) is 5. The quantitative estimate of drug-likeness (QED) is 0.794. The molecule has 2 aliphatic rings. The van der Waals surface area contributed by atoms with Crippen molar-refractivity contribution in [3.63, 3.8) is 0 Å². The molecular weight excluding hydrogens is 338 g/mol. The first-order valence-corrected chi connectivity index (χ1v) is 10.6. The Morgan fingerprint density at radius 1 is 1.26 bits per heavy atom. The molecule has 0 aromatic carbocycles.